The summed E-state index contributed by atoms with van der Waals surface area (Å²) in [5, 5.41) is 0.152. The van der Waals surface area contributed by atoms with E-state index in [0.29, 0.717) is 5.69 Å². The van der Waals surface area contributed by atoms with Crippen molar-refractivity contribution in [1.29, 1.82) is 0 Å². The predicted molar refractivity (Wildman–Crippen MR) is 40.0 cm³/mol. The summed E-state index contributed by atoms with van der Waals surface area (Å²) in [5.74, 6) is 2.28. The zero-order valence-corrected chi connectivity index (χ0v) is 5.77. The topological polar surface area (TPSA) is 32.9 Å². The number of rotatable bonds is 0. The molecule has 0 radical (unpaired) electrons. The maximum absolute atomic E-state index is 10.8. The Balaban J connectivity index is 3.34. The predicted octanol–water partition coefficient (Wildman–Crippen LogP) is 1.01. The van der Waals surface area contributed by atoms with Gasteiger partial charge in [0.2, 0.25) is 5.43 Å². The molecule has 0 bridgehead atoms. The first-order valence-electron chi connectivity index (χ1n) is 2.59. The van der Waals surface area contributed by atoms with Gasteiger partial charge in [0.05, 0.1) is 5.69 Å². The van der Waals surface area contributed by atoms with Crippen molar-refractivity contribution < 1.29 is 0 Å². The molecule has 1 heterocycles. The maximum atomic E-state index is 10.8. The molecule has 1 aromatic rings. The monoisotopic (exact) mass is 153 g/mol. The first-order valence-corrected chi connectivity index (χ1v) is 2.96. The highest BCUT2D eigenvalue weighted by molar-refractivity contribution is 6.30. The summed E-state index contributed by atoms with van der Waals surface area (Å²) in [5.41, 5.74) is 0.183. The Kier molecular flexibility index (Phi) is 1.79. The summed E-state index contributed by atoms with van der Waals surface area (Å²) in [6.07, 6.45) is 6.38. The van der Waals surface area contributed by atoms with Gasteiger partial charge in [-0.05, 0) is 0 Å². The molecule has 1 aromatic heterocycles. The van der Waals surface area contributed by atoms with E-state index in [2.05, 4.69) is 10.9 Å². The molecule has 50 valence electrons. The van der Waals surface area contributed by atoms with E-state index in [-0.39, 0.29) is 10.5 Å². The quantitative estimate of drug-likeness (QED) is 0.555. The lowest BCUT2D eigenvalue weighted by molar-refractivity contribution is 1.27. The van der Waals surface area contributed by atoms with Gasteiger partial charge < -0.3 is 4.98 Å². The minimum Gasteiger partial charge on any atom is -0.353 e. The van der Waals surface area contributed by atoms with Crippen molar-refractivity contribution in [3.8, 4) is 12.3 Å². The Morgan fingerprint density at radius 3 is 2.90 bits per heavy atom. The van der Waals surface area contributed by atoms with Crippen LogP contribution in [0.3, 0.4) is 0 Å². The second kappa shape index (κ2) is 2.59. The van der Waals surface area contributed by atoms with Gasteiger partial charge in [-0.1, -0.05) is 17.5 Å². The molecule has 0 saturated carbocycles. The molecule has 0 fully saturated rings. The van der Waals surface area contributed by atoms with E-state index < -0.39 is 0 Å². The van der Waals surface area contributed by atoms with E-state index in [1.165, 1.54) is 12.3 Å². The van der Waals surface area contributed by atoms with Crippen molar-refractivity contribution >= 4 is 11.6 Å². The van der Waals surface area contributed by atoms with Gasteiger partial charge in [0.15, 0.2) is 0 Å². The number of hydrogen-bond acceptors (Lipinski definition) is 1. The molecule has 0 saturated heterocycles. The molecule has 0 atom stereocenters. The Hall–Kier alpha value is -1.20. The largest absolute Gasteiger partial charge is 0.353 e. The van der Waals surface area contributed by atoms with Gasteiger partial charge in [-0.3, -0.25) is 4.79 Å². The van der Waals surface area contributed by atoms with Crippen LogP contribution in [0.4, 0.5) is 0 Å². The third-order valence-electron chi connectivity index (χ3n) is 1.02. The number of aromatic amines is 1. The van der Waals surface area contributed by atoms with Gasteiger partial charge in [-0.25, -0.2) is 0 Å². The van der Waals surface area contributed by atoms with Crippen LogP contribution < -0.4 is 5.43 Å². The van der Waals surface area contributed by atoms with Crippen molar-refractivity contribution in [3.63, 3.8) is 0 Å². The van der Waals surface area contributed by atoms with Crippen LogP contribution >= 0.6 is 11.6 Å². The summed E-state index contributed by atoms with van der Waals surface area (Å²) >= 11 is 5.43. The number of aromatic nitrogens is 1. The highest BCUT2D eigenvalue weighted by Crippen LogP contribution is 1.97. The molecule has 1 N–H and O–H groups in total. The first-order chi connectivity index (χ1) is 4.74. The lowest BCUT2D eigenvalue weighted by atomic mass is 10.3. The lowest BCUT2D eigenvalue weighted by Gasteiger charge is -1.89. The minimum absolute atomic E-state index is 0.152. The van der Waals surface area contributed by atoms with Crippen molar-refractivity contribution in [1.82, 2.24) is 4.98 Å². The van der Waals surface area contributed by atoms with E-state index in [1.54, 1.807) is 0 Å². The summed E-state index contributed by atoms with van der Waals surface area (Å²) in [6.45, 7) is 0. The van der Waals surface area contributed by atoms with Crippen LogP contribution in [-0.4, -0.2) is 4.98 Å². The van der Waals surface area contributed by atoms with Crippen LogP contribution in [0.5, 0.6) is 0 Å². The number of H-pyrrole nitrogens is 1. The lowest BCUT2D eigenvalue weighted by Crippen LogP contribution is -2.01. The van der Waals surface area contributed by atoms with Crippen LogP contribution in [0, 0.1) is 12.3 Å². The zero-order chi connectivity index (χ0) is 7.56. The van der Waals surface area contributed by atoms with E-state index in [9.17, 15) is 4.79 Å². The fourth-order valence-electron chi connectivity index (χ4n) is 0.537. The molecule has 0 spiro atoms. The molecule has 2 nitrogen and oxygen atoms in total. The molecule has 0 unspecified atom stereocenters. The molecule has 3 heteroatoms. The average molecular weight is 154 g/mol. The Morgan fingerprint density at radius 2 is 2.40 bits per heavy atom. The molecule has 1 rings (SSSR count). The molecule has 0 aliphatic heterocycles. The standard InChI is InChI=1S/C7H4ClNO/c1-2-5-3-7(10)6(8)4-9-5/h1,3-4H,(H,9,10). The highest BCUT2D eigenvalue weighted by Gasteiger charge is 1.93. The molecule has 0 amide bonds. The molecule has 0 aliphatic rings. The molecular weight excluding hydrogens is 150 g/mol. The van der Waals surface area contributed by atoms with Gasteiger partial charge in [-0.15, -0.1) is 6.42 Å². The number of terminal acetylenes is 1. The second-order valence-electron chi connectivity index (χ2n) is 1.70. The molecule has 10 heavy (non-hydrogen) atoms. The third kappa shape index (κ3) is 1.20. The fraction of sp³-hybridized carbons (Fsp3) is 0. The number of pyridine rings is 1. The Labute approximate surface area is 62.8 Å². The average Bonchev–Trinajstić information content (AvgIpc) is 1.95. The highest BCUT2D eigenvalue weighted by atomic mass is 35.5. The minimum atomic E-state index is -0.256. The third-order valence-corrected chi connectivity index (χ3v) is 1.32. The van der Waals surface area contributed by atoms with E-state index in [1.807, 2.05) is 0 Å². The van der Waals surface area contributed by atoms with Crippen LogP contribution in [0.2, 0.25) is 5.02 Å². The zero-order valence-electron chi connectivity index (χ0n) is 5.02. The number of nitrogens with one attached hydrogen (secondary N) is 1. The van der Waals surface area contributed by atoms with E-state index in [4.69, 9.17) is 18.0 Å². The van der Waals surface area contributed by atoms with Crippen molar-refractivity contribution in [3.05, 3.63) is 33.2 Å². The van der Waals surface area contributed by atoms with Crippen LogP contribution in [0.1, 0.15) is 5.69 Å². The number of halogens is 1. The van der Waals surface area contributed by atoms with Crippen molar-refractivity contribution in [2.45, 2.75) is 0 Å². The van der Waals surface area contributed by atoms with Gasteiger partial charge >= 0.3 is 0 Å². The van der Waals surface area contributed by atoms with E-state index in [0.717, 1.165) is 0 Å². The first kappa shape index (κ1) is 6.91. The summed E-state index contributed by atoms with van der Waals surface area (Å²) in [4.78, 5) is 13.4. The number of hydrogen-bond donors (Lipinski definition) is 1. The maximum Gasteiger partial charge on any atom is 0.201 e. The van der Waals surface area contributed by atoms with Gasteiger partial charge in [-0.2, -0.15) is 0 Å². The molecular formula is C7H4ClNO. The van der Waals surface area contributed by atoms with Crippen molar-refractivity contribution in [2.24, 2.45) is 0 Å². The normalized spacial score (nSPS) is 8.80. The summed E-state index contributed by atoms with van der Waals surface area (Å²) in [6, 6.07) is 1.28. The van der Waals surface area contributed by atoms with Gasteiger partial charge in [0.25, 0.3) is 0 Å². The van der Waals surface area contributed by atoms with E-state index >= 15 is 0 Å². The smallest absolute Gasteiger partial charge is 0.201 e. The van der Waals surface area contributed by atoms with Crippen LogP contribution in [0.25, 0.3) is 0 Å². The van der Waals surface area contributed by atoms with Crippen LogP contribution in [0.15, 0.2) is 17.1 Å². The Morgan fingerprint density at radius 1 is 1.70 bits per heavy atom. The van der Waals surface area contributed by atoms with Gasteiger partial charge in [0, 0.05) is 12.3 Å². The van der Waals surface area contributed by atoms with Gasteiger partial charge in [0.1, 0.15) is 5.02 Å². The SMILES string of the molecule is C#Cc1cc(=O)c(Cl)c[nH]1. The van der Waals surface area contributed by atoms with Crippen LogP contribution in [-0.2, 0) is 0 Å². The fourth-order valence-corrected chi connectivity index (χ4v) is 0.646. The van der Waals surface area contributed by atoms with Crippen molar-refractivity contribution in [2.75, 3.05) is 0 Å². The molecule has 0 aliphatic carbocycles. The summed E-state index contributed by atoms with van der Waals surface area (Å²) < 4.78 is 0. The summed E-state index contributed by atoms with van der Waals surface area (Å²) in [7, 11) is 0. The molecule has 0 aromatic carbocycles. The Bertz CT molecular complexity index is 334. The second-order valence-corrected chi connectivity index (χ2v) is 2.11.